The molecule has 0 radical (unpaired) electrons. The third-order valence-electron chi connectivity index (χ3n) is 9.00. The van der Waals surface area contributed by atoms with Gasteiger partial charge in [0.15, 0.2) is 0 Å². The van der Waals surface area contributed by atoms with E-state index in [2.05, 4.69) is 21.4 Å². The Hall–Kier alpha value is -4.54. The van der Waals surface area contributed by atoms with Crippen molar-refractivity contribution in [1.82, 2.24) is 19.7 Å². The molecule has 46 heavy (non-hydrogen) atoms. The second-order valence-corrected chi connectivity index (χ2v) is 12.0. The maximum Gasteiger partial charge on any atom is 0.310 e. The van der Waals surface area contributed by atoms with E-state index in [4.69, 9.17) is 26.1 Å². The van der Waals surface area contributed by atoms with E-state index in [0.29, 0.717) is 35.4 Å². The third-order valence-corrected chi connectivity index (χ3v) is 9.41. The first-order valence-corrected chi connectivity index (χ1v) is 15.8. The van der Waals surface area contributed by atoms with Crippen LogP contribution in [0.15, 0.2) is 59.5 Å². The maximum absolute atomic E-state index is 13.0. The molecule has 11 heteroatoms. The van der Waals surface area contributed by atoms with Gasteiger partial charge in [-0.15, -0.1) is 0 Å². The Bertz CT molecular complexity index is 1890. The fraction of sp³-hybridized carbons (Fsp3) is 0.343. The summed E-state index contributed by atoms with van der Waals surface area (Å²) < 4.78 is 12.3. The van der Waals surface area contributed by atoms with Gasteiger partial charge in [0, 0.05) is 48.2 Å². The van der Waals surface area contributed by atoms with Crippen LogP contribution in [0, 0.1) is 12.8 Å². The van der Waals surface area contributed by atoms with Gasteiger partial charge in [0.05, 0.1) is 30.4 Å². The fourth-order valence-electron chi connectivity index (χ4n) is 6.63. The number of nitrogens with zero attached hydrogens (tertiary/aromatic N) is 4. The van der Waals surface area contributed by atoms with Crippen LogP contribution in [0.4, 0.5) is 5.69 Å². The van der Waals surface area contributed by atoms with Crippen LogP contribution in [0.3, 0.4) is 0 Å². The molecule has 1 fully saturated rings. The summed E-state index contributed by atoms with van der Waals surface area (Å²) >= 11 is 7.12. The molecule has 0 unspecified atom stereocenters. The number of ether oxygens (including phenoxy) is 2. The molecule has 2 aliphatic rings. The summed E-state index contributed by atoms with van der Waals surface area (Å²) in [5.41, 5.74) is 6.24. The summed E-state index contributed by atoms with van der Waals surface area (Å²) in [7, 11) is 3.13. The molecule has 1 aliphatic heterocycles. The fourth-order valence-corrected chi connectivity index (χ4v) is 6.96. The van der Waals surface area contributed by atoms with Gasteiger partial charge in [-0.1, -0.05) is 41.9 Å². The summed E-state index contributed by atoms with van der Waals surface area (Å²) in [4.78, 5) is 45.1. The van der Waals surface area contributed by atoms with E-state index in [1.807, 2.05) is 44.2 Å². The van der Waals surface area contributed by atoms with Crippen molar-refractivity contribution in [2.24, 2.45) is 13.0 Å². The predicted octanol–water partition coefficient (Wildman–Crippen LogP) is 5.60. The zero-order valence-electron chi connectivity index (χ0n) is 26.3. The van der Waals surface area contributed by atoms with Gasteiger partial charge in [0.2, 0.25) is 5.88 Å². The van der Waals surface area contributed by atoms with Gasteiger partial charge in [0.1, 0.15) is 5.56 Å². The number of methoxy groups -OCH3 is 1. The molecule has 1 N–H and O–H groups in total. The molecule has 0 bridgehead atoms. The van der Waals surface area contributed by atoms with Crippen molar-refractivity contribution < 1.29 is 19.1 Å². The highest BCUT2D eigenvalue weighted by Crippen LogP contribution is 2.46. The second kappa shape index (κ2) is 13.1. The Labute approximate surface area is 272 Å². The summed E-state index contributed by atoms with van der Waals surface area (Å²) in [5, 5.41) is 7.29. The molecule has 0 saturated carbocycles. The van der Waals surface area contributed by atoms with Gasteiger partial charge in [-0.2, -0.15) is 5.10 Å². The Morgan fingerprint density at radius 3 is 2.63 bits per heavy atom. The number of aromatic nitrogens is 3. The lowest BCUT2D eigenvalue weighted by molar-refractivity contribution is -0.147. The van der Waals surface area contributed by atoms with E-state index in [-0.39, 0.29) is 23.5 Å². The van der Waals surface area contributed by atoms with Crippen LogP contribution in [0.5, 0.6) is 5.88 Å². The molecule has 4 aromatic rings. The average molecular weight is 642 g/mol. The second-order valence-electron chi connectivity index (χ2n) is 11.6. The van der Waals surface area contributed by atoms with E-state index in [9.17, 15) is 14.4 Å². The van der Waals surface area contributed by atoms with Gasteiger partial charge < -0.3 is 14.8 Å². The van der Waals surface area contributed by atoms with Crippen LogP contribution < -0.4 is 15.6 Å². The van der Waals surface area contributed by atoms with Crippen molar-refractivity contribution in [3.05, 3.63) is 92.4 Å². The number of rotatable bonds is 8. The predicted molar refractivity (Wildman–Crippen MR) is 176 cm³/mol. The molecule has 238 valence electrons. The Morgan fingerprint density at radius 2 is 1.85 bits per heavy atom. The number of amides is 1. The van der Waals surface area contributed by atoms with Gasteiger partial charge in [-0.3, -0.25) is 19.3 Å². The van der Waals surface area contributed by atoms with Crippen molar-refractivity contribution >= 4 is 29.2 Å². The minimum atomic E-state index is -0.513. The number of aryl methyl sites for hydroxylation is 2. The van der Waals surface area contributed by atoms with Crippen LogP contribution in [-0.4, -0.2) is 58.3 Å². The number of nitrogens with one attached hydrogen (secondary N) is 1. The first kappa shape index (κ1) is 31.4. The van der Waals surface area contributed by atoms with E-state index >= 15 is 0 Å². The number of hydrogen-bond donors (Lipinski definition) is 1. The summed E-state index contributed by atoms with van der Waals surface area (Å²) in [6, 6.07) is 15.0. The SMILES string of the molecule is CCOC(=O)[C@H]1CCN([C@@H]2CCc3cc(-c4cccc(-c5cccc(NC(=O)c6ccnn(C)c6=O)c5C)c4Cl)nc(OC)c32)C1. The number of fused-ring (bicyclic) bond motifs is 1. The number of carbonyl (C=O) groups is 2. The number of pyridine rings is 1. The van der Waals surface area contributed by atoms with E-state index in [1.165, 1.54) is 19.3 Å². The zero-order chi connectivity index (χ0) is 32.5. The minimum Gasteiger partial charge on any atom is -0.481 e. The van der Waals surface area contributed by atoms with Crippen molar-refractivity contribution in [2.45, 2.75) is 39.2 Å². The van der Waals surface area contributed by atoms with Crippen molar-refractivity contribution in [2.75, 3.05) is 32.1 Å². The minimum absolute atomic E-state index is 0.00440. The molecule has 1 saturated heterocycles. The summed E-state index contributed by atoms with van der Waals surface area (Å²) in [6.45, 7) is 5.62. The quantitative estimate of drug-likeness (QED) is 0.247. The number of anilines is 1. The van der Waals surface area contributed by atoms with Crippen LogP contribution >= 0.6 is 11.6 Å². The molecule has 10 nitrogen and oxygen atoms in total. The van der Waals surface area contributed by atoms with Crippen molar-refractivity contribution in [3.63, 3.8) is 0 Å². The van der Waals surface area contributed by atoms with E-state index < -0.39 is 11.5 Å². The van der Waals surface area contributed by atoms with Crippen molar-refractivity contribution in [1.29, 1.82) is 0 Å². The zero-order valence-corrected chi connectivity index (χ0v) is 27.1. The van der Waals surface area contributed by atoms with E-state index in [0.717, 1.165) is 63.9 Å². The molecular formula is C35H36ClN5O5. The van der Waals surface area contributed by atoms with Crippen LogP contribution in [0.25, 0.3) is 22.4 Å². The van der Waals surface area contributed by atoms with Gasteiger partial charge in [-0.05, 0) is 74.5 Å². The van der Waals surface area contributed by atoms with Crippen molar-refractivity contribution in [3.8, 4) is 28.3 Å². The first-order valence-electron chi connectivity index (χ1n) is 15.4. The lowest BCUT2D eigenvalue weighted by Gasteiger charge is -2.25. The molecular weight excluding hydrogens is 606 g/mol. The number of esters is 1. The smallest absolute Gasteiger partial charge is 0.310 e. The highest BCUT2D eigenvalue weighted by Gasteiger charge is 2.38. The standard InChI is InChI=1S/C35H36ClN5O5/c1-5-46-35(44)22-15-17-41(19-22)29-13-12-21-18-28(39-33(45-4)30(21)29)25-10-6-9-24(31(25)36)23-8-7-11-27(20(23)2)38-32(42)26-14-16-37-40(3)34(26)43/h6-11,14,16,18,22,29H,5,12-13,15,17,19H2,1-4H3,(H,38,42)/t22-,29+/m0/s1. The lowest BCUT2D eigenvalue weighted by Crippen LogP contribution is -2.28. The molecule has 0 spiro atoms. The highest BCUT2D eigenvalue weighted by molar-refractivity contribution is 6.36. The Balaban J connectivity index is 1.30. The molecule has 6 rings (SSSR count). The normalized spacial score (nSPS) is 17.5. The van der Waals surface area contributed by atoms with Gasteiger partial charge in [0.25, 0.3) is 11.5 Å². The van der Waals surface area contributed by atoms with Crippen LogP contribution in [0.2, 0.25) is 5.02 Å². The molecule has 1 amide bonds. The Morgan fingerprint density at radius 1 is 1.09 bits per heavy atom. The number of carbonyl (C=O) groups excluding carboxylic acids is 2. The summed E-state index contributed by atoms with van der Waals surface area (Å²) in [5.74, 6) is -0.178. The van der Waals surface area contributed by atoms with Gasteiger partial charge in [-0.25, -0.2) is 9.67 Å². The monoisotopic (exact) mass is 641 g/mol. The number of hydrogen-bond acceptors (Lipinski definition) is 8. The molecule has 3 heterocycles. The summed E-state index contributed by atoms with van der Waals surface area (Å²) in [6.07, 6.45) is 3.99. The first-order chi connectivity index (χ1) is 22.2. The molecule has 2 aromatic heterocycles. The largest absolute Gasteiger partial charge is 0.481 e. The van der Waals surface area contributed by atoms with Gasteiger partial charge >= 0.3 is 5.97 Å². The van der Waals surface area contributed by atoms with Crippen LogP contribution in [-0.2, 0) is 23.0 Å². The number of benzene rings is 2. The topological polar surface area (TPSA) is 116 Å². The lowest BCUT2D eigenvalue weighted by atomic mass is 9.96. The van der Waals surface area contributed by atoms with E-state index in [1.54, 1.807) is 13.2 Å². The third kappa shape index (κ3) is 5.78. The molecule has 2 atom stereocenters. The Kier molecular flexibility index (Phi) is 8.93. The average Bonchev–Trinajstić information content (AvgIpc) is 3.71. The molecule has 1 aliphatic carbocycles. The maximum atomic E-state index is 13.0. The number of halogens is 1. The van der Waals surface area contributed by atoms with Crippen LogP contribution in [0.1, 0.15) is 52.9 Å². The number of likely N-dealkylation sites (tertiary alicyclic amines) is 1. The molecule has 2 aromatic carbocycles. The highest BCUT2D eigenvalue weighted by atomic mass is 35.5.